The summed E-state index contributed by atoms with van der Waals surface area (Å²) >= 11 is 5.75. The largest absolute Gasteiger partial charge is 0.339 e. The van der Waals surface area contributed by atoms with E-state index in [-0.39, 0.29) is 0 Å². The fraction of sp³-hybridized carbons (Fsp3) is 0.600. The maximum Gasteiger partial charge on any atom is 0.225 e. The minimum Gasteiger partial charge on any atom is -0.339 e. The third-order valence-corrected chi connectivity index (χ3v) is 2.91. The molecule has 1 fully saturated rings. The van der Waals surface area contributed by atoms with Crippen molar-refractivity contribution in [1.29, 1.82) is 0 Å². The molecule has 4 nitrogen and oxygen atoms in total. The number of nitrogens with zero attached hydrogens (tertiary/aromatic N) is 3. The molecule has 1 unspecified atom stereocenters. The summed E-state index contributed by atoms with van der Waals surface area (Å²) < 4.78 is 0. The fourth-order valence-electron chi connectivity index (χ4n) is 1.86. The number of hydrogen-bond acceptors (Lipinski definition) is 4. The monoisotopic (exact) mass is 226 g/mol. The normalized spacial score (nSPS) is 21.7. The molecule has 1 aromatic rings. The van der Waals surface area contributed by atoms with Gasteiger partial charge in [0.2, 0.25) is 5.95 Å². The lowest BCUT2D eigenvalue weighted by atomic mass is 10.1. The Kier molecular flexibility index (Phi) is 3.38. The molecule has 0 amide bonds. The van der Waals surface area contributed by atoms with Gasteiger partial charge < -0.3 is 10.2 Å². The molecule has 0 bridgehead atoms. The van der Waals surface area contributed by atoms with Crippen molar-refractivity contribution in [1.82, 2.24) is 15.3 Å². The van der Waals surface area contributed by atoms with Gasteiger partial charge in [-0.05, 0) is 19.9 Å². The van der Waals surface area contributed by atoms with E-state index in [1.54, 1.807) is 12.4 Å². The van der Waals surface area contributed by atoms with Gasteiger partial charge in [0.15, 0.2) is 0 Å². The van der Waals surface area contributed by atoms with Gasteiger partial charge in [-0.25, -0.2) is 9.97 Å². The van der Waals surface area contributed by atoms with E-state index >= 15 is 0 Å². The average Bonchev–Trinajstić information content (AvgIpc) is 2.30. The maximum absolute atomic E-state index is 5.75. The van der Waals surface area contributed by atoms with E-state index in [9.17, 15) is 0 Å². The molecule has 0 radical (unpaired) electrons. The summed E-state index contributed by atoms with van der Waals surface area (Å²) in [6, 6.07) is 0.540. The average molecular weight is 227 g/mol. The molecule has 2 rings (SSSR count). The highest BCUT2D eigenvalue weighted by Crippen LogP contribution is 2.16. The summed E-state index contributed by atoms with van der Waals surface area (Å²) in [4.78, 5) is 10.6. The van der Waals surface area contributed by atoms with Gasteiger partial charge in [-0.1, -0.05) is 11.6 Å². The Morgan fingerprint density at radius 1 is 1.47 bits per heavy atom. The SMILES string of the molecule is CNC1CCCN(c2ncc(Cl)cn2)C1. The van der Waals surface area contributed by atoms with Crippen LogP contribution in [0.4, 0.5) is 5.95 Å². The van der Waals surface area contributed by atoms with E-state index in [1.807, 2.05) is 7.05 Å². The van der Waals surface area contributed by atoms with E-state index in [0.717, 1.165) is 19.0 Å². The van der Waals surface area contributed by atoms with Gasteiger partial charge in [0.05, 0.1) is 17.4 Å². The van der Waals surface area contributed by atoms with Gasteiger partial charge in [0.25, 0.3) is 0 Å². The number of piperidine rings is 1. The van der Waals surface area contributed by atoms with Crippen molar-refractivity contribution in [3.63, 3.8) is 0 Å². The topological polar surface area (TPSA) is 41.0 Å². The number of nitrogens with one attached hydrogen (secondary N) is 1. The lowest BCUT2D eigenvalue weighted by molar-refractivity contribution is 0.445. The Labute approximate surface area is 94.7 Å². The van der Waals surface area contributed by atoms with Crippen molar-refractivity contribution in [2.75, 3.05) is 25.0 Å². The predicted octanol–water partition coefficient (Wildman–Crippen LogP) is 1.32. The predicted molar refractivity (Wildman–Crippen MR) is 61.3 cm³/mol. The minimum atomic E-state index is 0.540. The van der Waals surface area contributed by atoms with Crippen LogP contribution in [0.5, 0.6) is 0 Å². The van der Waals surface area contributed by atoms with Crippen LogP contribution < -0.4 is 10.2 Å². The Bertz CT molecular complexity index is 314. The Morgan fingerprint density at radius 3 is 2.87 bits per heavy atom. The van der Waals surface area contributed by atoms with E-state index < -0.39 is 0 Å². The fourth-order valence-corrected chi connectivity index (χ4v) is 1.96. The molecule has 1 aromatic heterocycles. The number of aromatic nitrogens is 2. The first-order valence-corrected chi connectivity index (χ1v) is 5.57. The number of hydrogen-bond donors (Lipinski definition) is 1. The zero-order valence-electron chi connectivity index (χ0n) is 8.78. The molecule has 5 heteroatoms. The Balaban J connectivity index is 2.06. The van der Waals surface area contributed by atoms with Crippen molar-refractivity contribution in [2.24, 2.45) is 0 Å². The molecule has 15 heavy (non-hydrogen) atoms. The van der Waals surface area contributed by atoms with Gasteiger partial charge in [-0.2, -0.15) is 0 Å². The molecular weight excluding hydrogens is 212 g/mol. The van der Waals surface area contributed by atoms with Crippen LogP contribution in [0.1, 0.15) is 12.8 Å². The van der Waals surface area contributed by atoms with Crippen LogP contribution in [0.15, 0.2) is 12.4 Å². The number of likely N-dealkylation sites (N-methyl/N-ethyl adjacent to an activating group) is 1. The zero-order chi connectivity index (χ0) is 10.7. The first kappa shape index (κ1) is 10.6. The third-order valence-electron chi connectivity index (χ3n) is 2.72. The van der Waals surface area contributed by atoms with Crippen LogP contribution in [0, 0.1) is 0 Å². The quantitative estimate of drug-likeness (QED) is 0.826. The molecule has 1 aliphatic rings. The number of anilines is 1. The Morgan fingerprint density at radius 2 is 2.20 bits per heavy atom. The highest BCUT2D eigenvalue weighted by Gasteiger charge is 2.19. The Hall–Kier alpha value is -0.870. The summed E-state index contributed by atoms with van der Waals surface area (Å²) in [6.45, 7) is 2.00. The smallest absolute Gasteiger partial charge is 0.225 e. The molecule has 1 aliphatic heterocycles. The molecule has 0 aliphatic carbocycles. The first-order valence-electron chi connectivity index (χ1n) is 5.19. The van der Waals surface area contributed by atoms with Gasteiger partial charge in [0, 0.05) is 19.1 Å². The summed E-state index contributed by atoms with van der Waals surface area (Å²) in [6.07, 6.45) is 5.69. The number of rotatable bonds is 2. The summed E-state index contributed by atoms with van der Waals surface area (Å²) in [5.74, 6) is 0.777. The van der Waals surface area contributed by atoms with Crippen LogP contribution in [-0.2, 0) is 0 Å². The lowest BCUT2D eigenvalue weighted by Crippen LogP contribution is -2.45. The highest BCUT2D eigenvalue weighted by molar-refractivity contribution is 6.30. The molecule has 2 heterocycles. The van der Waals surface area contributed by atoms with Crippen LogP contribution in [0.25, 0.3) is 0 Å². The van der Waals surface area contributed by atoms with E-state index in [2.05, 4.69) is 20.2 Å². The van der Waals surface area contributed by atoms with Crippen LogP contribution in [-0.4, -0.2) is 36.1 Å². The van der Waals surface area contributed by atoms with Gasteiger partial charge in [0.1, 0.15) is 0 Å². The third kappa shape index (κ3) is 2.58. The minimum absolute atomic E-state index is 0.540. The summed E-state index contributed by atoms with van der Waals surface area (Å²) in [7, 11) is 2.00. The van der Waals surface area contributed by atoms with Gasteiger partial charge in [-0.3, -0.25) is 0 Å². The van der Waals surface area contributed by atoms with Gasteiger partial charge in [-0.15, -0.1) is 0 Å². The first-order chi connectivity index (χ1) is 7.29. The van der Waals surface area contributed by atoms with Crippen LogP contribution in [0.2, 0.25) is 5.02 Å². The molecule has 0 spiro atoms. The van der Waals surface area contributed by atoms with Gasteiger partial charge >= 0.3 is 0 Å². The lowest BCUT2D eigenvalue weighted by Gasteiger charge is -2.32. The van der Waals surface area contributed by atoms with Crippen molar-refractivity contribution in [2.45, 2.75) is 18.9 Å². The van der Waals surface area contributed by atoms with Crippen molar-refractivity contribution < 1.29 is 0 Å². The van der Waals surface area contributed by atoms with Crippen LogP contribution in [0.3, 0.4) is 0 Å². The highest BCUT2D eigenvalue weighted by atomic mass is 35.5. The number of halogens is 1. The summed E-state index contributed by atoms with van der Waals surface area (Å²) in [5, 5.41) is 3.88. The maximum atomic E-state index is 5.75. The standard InChI is InChI=1S/C10H15ClN4/c1-12-9-3-2-4-15(7-9)10-13-5-8(11)6-14-10/h5-6,9,12H,2-4,7H2,1H3. The second-order valence-electron chi connectivity index (χ2n) is 3.78. The van der Waals surface area contributed by atoms with E-state index in [1.165, 1.54) is 12.8 Å². The van der Waals surface area contributed by atoms with E-state index in [0.29, 0.717) is 11.1 Å². The molecule has 82 valence electrons. The van der Waals surface area contributed by atoms with Crippen LogP contribution >= 0.6 is 11.6 Å². The molecule has 1 N–H and O–H groups in total. The van der Waals surface area contributed by atoms with Crippen molar-refractivity contribution >= 4 is 17.5 Å². The molecule has 0 aromatic carbocycles. The molecule has 1 saturated heterocycles. The van der Waals surface area contributed by atoms with Crippen molar-refractivity contribution in [3.8, 4) is 0 Å². The zero-order valence-corrected chi connectivity index (χ0v) is 9.54. The molecular formula is C10H15ClN4. The summed E-state index contributed by atoms with van der Waals surface area (Å²) in [5.41, 5.74) is 0. The van der Waals surface area contributed by atoms with E-state index in [4.69, 9.17) is 11.6 Å². The molecule has 0 saturated carbocycles. The molecule has 1 atom stereocenters. The van der Waals surface area contributed by atoms with Crippen molar-refractivity contribution in [3.05, 3.63) is 17.4 Å². The second kappa shape index (κ2) is 4.77. The second-order valence-corrected chi connectivity index (χ2v) is 4.21.